The SMILES string of the molecule is C[C@@H]1CCC(=O)O[C@H]1COCc1ccccc1. The van der Waals surface area contributed by atoms with Gasteiger partial charge in [0.2, 0.25) is 0 Å². The Hall–Kier alpha value is -1.35. The van der Waals surface area contributed by atoms with Crippen LogP contribution in [-0.4, -0.2) is 18.7 Å². The second kappa shape index (κ2) is 5.82. The molecule has 0 aromatic heterocycles. The molecule has 92 valence electrons. The van der Waals surface area contributed by atoms with Crippen molar-refractivity contribution in [1.29, 1.82) is 0 Å². The lowest BCUT2D eigenvalue weighted by atomic mass is 9.97. The van der Waals surface area contributed by atoms with E-state index in [2.05, 4.69) is 6.92 Å². The van der Waals surface area contributed by atoms with Gasteiger partial charge in [0.1, 0.15) is 6.10 Å². The molecule has 0 spiro atoms. The topological polar surface area (TPSA) is 35.5 Å². The van der Waals surface area contributed by atoms with Crippen molar-refractivity contribution in [3.05, 3.63) is 35.9 Å². The number of esters is 1. The fraction of sp³-hybridized carbons (Fsp3) is 0.500. The minimum atomic E-state index is -0.101. The van der Waals surface area contributed by atoms with Gasteiger partial charge in [0.15, 0.2) is 0 Å². The highest BCUT2D eigenvalue weighted by molar-refractivity contribution is 5.70. The number of benzene rings is 1. The van der Waals surface area contributed by atoms with E-state index in [-0.39, 0.29) is 12.1 Å². The summed E-state index contributed by atoms with van der Waals surface area (Å²) in [6.07, 6.45) is 1.36. The van der Waals surface area contributed by atoms with E-state index in [1.807, 2.05) is 30.3 Å². The molecule has 17 heavy (non-hydrogen) atoms. The van der Waals surface area contributed by atoms with E-state index in [4.69, 9.17) is 9.47 Å². The molecule has 3 heteroatoms. The van der Waals surface area contributed by atoms with Crippen LogP contribution in [0.5, 0.6) is 0 Å². The van der Waals surface area contributed by atoms with Gasteiger partial charge in [-0.25, -0.2) is 0 Å². The van der Waals surface area contributed by atoms with Crippen LogP contribution >= 0.6 is 0 Å². The number of rotatable bonds is 4. The summed E-state index contributed by atoms with van der Waals surface area (Å²) in [6, 6.07) is 10.0. The average Bonchev–Trinajstić information content (AvgIpc) is 2.35. The molecule has 1 aliphatic rings. The second-order valence-corrected chi connectivity index (χ2v) is 4.54. The monoisotopic (exact) mass is 234 g/mol. The molecule has 1 heterocycles. The molecule has 0 saturated carbocycles. The Morgan fingerprint density at radius 1 is 1.35 bits per heavy atom. The highest BCUT2D eigenvalue weighted by atomic mass is 16.6. The third kappa shape index (κ3) is 3.56. The van der Waals surface area contributed by atoms with Gasteiger partial charge >= 0.3 is 5.97 Å². The first-order chi connectivity index (χ1) is 8.25. The van der Waals surface area contributed by atoms with E-state index < -0.39 is 0 Å². The van der Waals surface area contributed by atoms with Crippen LogP contribution in [0.15, 0.2) is 30.3 Å². The predicted octanol–water partition coefficient (Wildman–Crippen LogP) is 2.54. The Labute approximate surface area is 102 Å². The third-order valence-corrected chi connectivity index (χ3v) is 3.11. The molecule has 2 atom stereocenters. The molecule has 0 aliphatic carbocycles. The van der Waals surface area contributed by atoms with Gasteiger partial charge in [-0.1, -0.05) is 37.3 Å². The Morgan fingerprint density at radius 2 is 2.12 bits per heavy atom. The minimum Gasteiger partial charge on any atom is -0.460 e. The normalized spacial score (nSPS) is 24.4. The zero-order valence-corrected chi connectivity index (χ0v) is 10.1. The number of ether oxygens (including phenoxy) is 2. The quantitative estimate of drug-likeness (QED) is 0.751. The summed E-state index contributed by atoms with van der Waals surface area (Å²) in [6.45, 7) is 3.16. The van der Waals surface area contributed by atoms with Crippen molar-refractivity contribution >= 4 is 5.97 Å². The Bertz CT molecular complexity index is 361. The molecule has 1 aromatic carbocycles. The van der Waals surface area contributed by atoms with E-state index in [9.17, 15) is 4.79 Å². The van der Waals surface area contributed by atoms with Crippen molar-refractivity contribution < 1.29 is 14.3 Å². The van der Waals surface area contributed by atoms with Crippen LogP contribution in [0.25, 0.3) is 0 Å². The molecule has 0 amide bonds. The molecule has 0 bridgehead atoms. The van der Waals surface area contributed by atoms with Crippen LogP contribution in [0.3, 0.4) is 0 Å². The molecule has 0 N–H and O–H groups in total. The summed E-state index contributed by atoms with van der Waals surface area (Å²) in [7, 11) is 0. The van der Waals surface area contributed by atoms with Gasteiger partial charge in [-0.05, 0) is 17.9 Å². The highest BCUT2D eigenvalue weighted by Gasteiger charge is 2.27. The summed E-state index contributed by atoms with van der Waals surface area (Å²) in [4.78, 5) is 11.2. The summed E-state index contributed by atoms with van der Waals surface area (Å²) < 4.78 is 10.9. The smallest absolute Gasteiger partial charge is 0.306 e. The summed E-state index contributed by atoms with van der Waals surface area (Å²) >= 11 is 0. The second-order valence-electron chi connectivity index (χ2n) is 4.54. The van der Waals surface area contributed by atoms with Crippen LogP contribution in [0, 0.1) is 5.92 Å². The first-order valence-electron chi connectivity index (χ1n) is 6.07. The van der Waals surface area contributed by atoms with Crippen LogP contribution < -0.4 is 0 Å². The molecule has 3 nitrogen and oxygen atoms in total. The lowest BCUT2D eigenvalue weighted by molar-refractivity contribution is -0.162. The average molecular weight is 234 g/mol. The summed E-state index contributed by atoms with van der Waals surface area (Å²) in [5.41, 5.74) is 1.14. The first kappa shape index (κ1) is 12.1. The van der Waals surface area contributed by atoms with Crippen molar-refractivity contribution in [1.82, 2.24) is 0 Å². The van der Waals surface area contributed by atoms with E-state index >= 15 is 0 Å². The zero-order chi connectivity index (χ0) is 12.1. The fourth-order valence-corrected chi connectivity index (χ4v) is 1.94. The number of cyclic esters (lactones) is 1. The van der Waals surface area contributed by atoms with Crippen LogP contribution in [0.4, 0.5) is 0 Å². The van der Waals surface area contributed by atoms with Crippen LogP contribution in [0.1, 0.15) is 25.3 Å². The number of hydrogen-bond acceptors (Lipinski definition) is 3. The molecule has 0 radical (unpaired) electrons. The van der Waals surface area contributed by atoms with E-state index in [1.54, 1.807) is 0 Å². The van der Waals surface area contributed by atoms with E-state index in [0.717, 1.165) is 12.0 Å². The van der Waals surface area contributed by atoms with Crippen molar-refractivity contribution in [2.24, 2.45) is 5.92 Å². The molecule has 1 saturated heterocycles. The summed E-state index contributed by atoms with van der Waals surface area (Å²) in [5.74, 6) is 0.292. The van der Waals surface area contributed by atoms with Gasteiger partial charge < -0.3 is 9.47 Å². The van der Waals surface area contributed by atoms with E-state index in [0.29, 0.717) is 25.6 Å². The van der Waals surface area contributed by atoms with Crippen molar-refractivity contribution in [3.8, 4) is 0 Å². The zero-order valence-electron chi connectivity index (χ0n) is 10.1. The highest BCUT2D eigenvalue weighted by Crippen LogP contribution is 2.21. The maximum absolute atomic E-state index is 11.2. The molecular formula is C14H18O3. The van der Waals surface area contributed by atoms with Crippen molar-refractivity contribution in [3.63, 3.8) is 0 Å². The maximum atomic E-state index is 11.2. The van der Waals surface area contributed by atoms with Gasteiger partial charge in [-0.2, -0.15) is 0 Å². The first-order valence-corrected chi connectivity index (χ1v) is 6.07. The van der Waals surface area contributed by atoms with E-state index in [1.165, 1.54) is 0 Å². The molecule has 2 rings (SSSR count). The largest absolute Gasteiger partial charge is 0.460 e. The number of carbonyl (C=O) groups is 1. The number of carbonyl (C=O) groups excluding carboxylic acids is 1. The Kier molecular flexibility index (Phi) is 4.15. The predicted molar refractivity (Wildman–Crippen MR) is 64.4 cm³/mol. The Balaban J connectivity index is 1.76. The van der Waals surface area contributed by atoms with Crippen LogP contribution in [-0.2, 0) is 20.9 Å². The van der Waals surface area contributed by atoms with Gasteiger partial charge in [0.25, 0.3) is 0 Å². The molecule has 1 aliphatic heterocycles. The van der Waals surface area contributed by atoms with Gasteiger partial charge in [-0.15, -0.1) is 0 Å². The van der Waals surface area contributed by atoms with Crippen LogP contribution in [0.2, 0.25) is 0 Å². The lowest BCUT2D eigenvalue weighted by Gasteiger charge is -2.28. The Morgan fingerprint density at radius 3 is 2.88 bits per heavy atom. The van der Waals surface area contributed by atoms with Gasteiger partial charge in [-0.3, -0.25) is 4.79 Å². The molecule has 1 fully saturated rings. The van der Waals surface area contributed by atoms with Gasteiger partial charge in [0, 0.05) is 6.42 Å². The molecule has 0 unspecified atom stereocenters. The van der Waals surface area contributed by atoms with Crippen molar-refractivity contribution in [2.75, 3.05) is 6.61 Å². The standard InChI is InChI=1S/C14H18O3/c1-11-7-8-14(15)17-13(11)10-16-9-12-5-3-2-4-6-12/h2-6,11,13H,7-10H2,1H3/t11-,13+/m1/s1. The molecular weight excluding hydrogens is 216 g/mol. The third-order valence-electron chi connectivity index (χ3n) is 3.11. The fourth-order valence-electron chi connectivity index (χ4n) is 1.94. The minimum absolute atomic E-state index is 0.0834. The lowest BCUT2D eigenvalue weighted by Crippen LogP contribution is -2.34. The maximum Gasteiger partial charge on any atom is 0.306 e. The number of hydrogen-bond donors (Lipinski definition) is 0. The molecule has 1 aromatic rings. The summed E-state index contributed by atoms with van der Waals surface area (Å²) in [5, 5.41) is 0. The van der Waals surface area contributed by atoms with Crippen molar-refractivity contribution in [2.45, 2.75) is 32.5 Å². The van der Waals surface area contributed by atoms with Gasteiger partial charge in [0.05, 0.1) is 13.2 Å².